The summed E-state index contributed by atoms with van der Waals surface area (Å²) >= 11 is 1.35. The van der Waals surface area contributed by atoms with E-state index >= 15 is 0 Å². The average molecular weight is 407 g/mol. The van der Waals surface area contributed by atoms with E-state index in [9.17, 15) is 10.5 Å². The first-order valence-corrected chi connectivity index (χ1v) is 9.56. The topological polar surface area (TPSA) is 128 Å². The highest BCUT2D eigenvalue weighted by Crippen LogP contribution is 2.38. The quantitative estimate of drug-likeness (QED) is 0.546. The van der Waals surface area contributed by atoms with Crippen LogP contribution in [0.3, 0.4) is 0 Å². The number of aliphatic hydroxyl groups is 1. The summed E-state index contributed by atoms with van der Waals surface area (Å²) in [6.07, 6.45) is 3.28. The number of thioether (sulfide) groups is 1. The number of nitrogens with zero attached hydrogens (tertiary/aromatic N) is 4. The van der Waals surface area contributed by atoms with E-state index in [1.165, 1.54) is 18.9 Å². The van der Waals surface area contributed by atoms with Gasteiger partial charge in [0.2, 0.25) is 5.88 Å². The number of aromatic amines is 1. The summed E-state index contributed by atoms with van der Waals surface area (Å²) in [5.41, 5.74) is 2.51. The Morgan fingerprint density at radius 3 is 2.52 bits per heavy atom. The Morgan fingerprint density at radius 2 is 1.93 bits per heavy atom. The number of aliphatic hydroxyl groups excluding tert-OH is 1. The first-order chi connectivity index (χ1) is 14.2. The van der Waals surface area contributed by atoms with Gasteiger partial charge in [0.05, 0.1) is 25.6 Å². The molecule has 0 saturated heterocycles. The number of imidazole rings is 1. The Bertz CT molecular complexity index is 1050. The van der Waals surface area contributed by atoms with Crippen LogP contribution in [0, 0.1) is 22.7 Å². The number of pyridine rings is 1. The Hall–Kier alpha value is -3.53. The molecule has 2 heterocycles. The van der Waals surface area contributed by atoms with Gasteiger partial charge in [-0.3, -0.25) is 0 Å². The zero-order chi connectivity index (χ0) is 20.6. The minimum Gasteiger partial charge on any atom is -0.491 e. The van der Waals surface area contributed by atoms with Crippen LogP contribution in [0.5, 0.6) is 11.6 Å². The lowest BCUT2D eigenvalue weighted by atomic mass is 9.97. The Morgan fingerprint density at radius 1 is 1.17 bits per heavy atom. The van der Waals surface area contributed by atoms with Crippen molar-refractivity contribution in [3.63, 3.8) is 0 Å². The standard InChI is InChI=1S/C20H17N5O3S/c1-27-19-16(8-21)18(13-2-4-15(5-3-13)28-7-6-26)17(9-22)20(25-19)29-11-14-10-23-12-24-14/h2-5,10,12,26H,6-7,11H2,1H3,(H,23,24). The van der Waals surface area contributed by atoms with Crippen LogP contribution in [0.15, 0.2) is 41.8 Å². The SMILES string of the molecule is COc1nc(SCc2cnc[nH]2)c(C#N)c(-c2ccc(OCCO)cc2)c1C#N. The van der Waals surface area contributed by atoms with Gasteiger partial charge in [0, 0.05) is 23.2 Å². The van der Waals surface area contributed by atoms with Gasteiger partial charge in [0.15, 0.2) is 0 Å². The molecule has 2 aromatic heterocycles. The van der Waals surface area contributed by atoms with Crippen LogP contribution in [0.1, 0.15) is 16.8 Å². The van der Waals surface area contributed by atoms with Gasteiger partial charge >= 0.3 is 0 Å². The van der Waals surface area contributed by atoms with Gasteiger partial charge in [0.1, 0.15) is 35.1 Å². The Labute approximate surface area is 171 Å². The molecule has 0 atom stereocenters. The number of hydrogen-bond acceptors (Lipinski definition) is 8. The smallest absolute Gasteiger partial charge is 0.233 e. The van der Waals surface area contributed by atoms with Gasteiger partial charge < -0.3 is 19.6 Å². The molecule has 0 spiro atoms. The molecule has 2 N–H and O–H groups in total. The highest BCUT2D eigenvalue weighted by Gasteiger charge is 2.22. The molecule has 8 nitrogen and oxygen atoms in total. The van der Waals surface area contributed by atoms with Crippen molar-refractivity contribution in [1.29, 1.82) is 10.5 Å². The molecule has 0 saturated carbocycles. The van der Waals surface area contributed by atoms with Crippen molar-refractivity contribution in [3.05, 3.63) is 53.6 Å². The molecule has 0 amide bonds. The van der Waals surface area contributed by atoms with E-state index in [4.69, 9.17) is 14.6 Å². The second kappa shape index (κ2) is 9.60. The first kappa shape index (κ1) is 20.2. The lowest BCUT2D eigenvalue weighted by Crippen LogP contribution is -2.03. The molecular formula is C20H17N5O3S. The number of methoxy groups -OCH3 is 1. The third kappa shape index (κ3) is 4.49. The summed E-state index contributed by atoms with van der Waals surface area (Å²) in [5.74, 6) is 1.27. The van der Waals surface area contributed by atoms with E-state index in [0.717, 1.165) is 5.69 Å². The van der Waals surface area contributed by atoms with Crippen LogP contribution in [0.4, 0.5) is 0 Å². The lowest BCUT2D eigenvalue weighted by molar-refractivity contribution is 0.201. The molecular weight excluding hydrogens is 390 g/mol. The van der Waals surface area contributed by atoms with Gasteiger partial charge in [-0.25, -0.2) is 9.97 Å². The number of nitriles is 2. The van der Waals surface area contributed by atoms with Crippen LogP contribution in [-0.2, 0) is 5.75 Å². The molecule has 0 bridgehead atoms. The predicted octanol–water partition coefficient (Wildman–Crippen LogP) is 2.89. The zero-order valence-electron chi connectivity index (χ0n) is 15.5. The van der Waals surface area contributed by atoms with Crippen molar-refractivity contribution >= 4 is 11.8 Å². The molecule has 29 heavy (non-hydrogen) atoms. The van der Waals surface area contributed by atoms with Gasteiger partial charge in [-0.1, -0.05) is 23.9 Å². The fraction of sp³-hybridized carbons (Fsp3) is 0.200. The summed E-state index contributed by atoms with van der Waals surface area (Å²) in [7, 11) is 1.44. The second-order valence-corrected chi connectivity index (χ2v) is 6.70. The summed E-state index contributed by atoms with van der Waals surface area (Å²) in [6.45, 7) is 0.0983. The summed E-state index contributed by atoms with van der Waals surface area (Å²) < 4.78 is 10.7. The van der Waals surface area contributed by atoms with Crippen molar-refractivity contribution in [1.82, 2.24) is 15.0 Å². The number of benzene rings is 1. The number of nitrogens with one attached hydrogen (secondary N) is 1. The molecule has 0 unspecified atom stereocenters. The monoisotopic (exact) mass is 407 g/mol. The van der Waals surface area contributed by atoms with Gasteiger partial charge in [-0.05, 0) is 17.7 Å². The number of ether oxygens (including phenoxy) is 2. The molecule has 0 fully saturated rings. The molecule has 3 rings (SSSR count). The van der Waals surface area contributed by atoms with Gasteiger partial charge in [-0.15, -0.1) is 0 Å². The van der Waals surface area contributed by atoms with Crippen LogP contribution in [0.2, 0.25) is 0 Å². The van der Waals surface area contributed by atoms with Crippen LogP contribution < -0.4 is 9.47 Å². The Balaban J connectivity index is 2.07. The number of aromatic nitrogens is 3. The summed E-state index contributed by atoms with van der Waals surface area (Å²) in [6, 6.07) is 11.2. The van der Waals surface area contributed by atoms with E-state index in [1.54, 1.807) is 36.8 Å². The third-order valence-corrected chi connectivity index (χ3v) is 4.99. The van der Waals surface area contributed by atoms with E-state index < -0.39 is 0 Å². The fourth-order valence-electron chi connectivity index (χ4n) is 2.68. The van der Waals surface area contributed by atoms with E-state index in [-0.39, 0.29) is 24.7 Å². The van der Waals surface area contributed by atoms with Crippen LogP contribution in [-0.4, -0.2) is 40.4 Å². The molecule has 0 radical (unpaired) electrons. The molecule has 9 heteroatoms. The summed E-state index contributed by atoms with van der Waals surface area (Å²) in [5, 5.41) is 28.9. The maximum Gasteiger partial charge on any atom is 0.233 e. The maximum atomic E-state index is 9.85. The van der Waals surface area contributed by atoms with Crippen LogP contribution in [0.25, 0.3) is 11.1 Å². The molecule has 146 valence electrons. The minimum atomic E-state index is -0.0859. The predicted molar refractivity (Wildman–Crippen MR) is 106 cm³/mol. The van der Waals surface area contributed by atoms with Crippen molar-refractivity contribution in [2.45, 2.75) is 10.8 Å². The van der Waals surface area contributed by atoms with Crippen molar-refractivity contribution in [2.24, 2.45) is 0 Å². The summed E-state index contributed by atoms with van der Waals surface area (Å²) in [4.78, 5) is 11.4. The first-order valence-electron chi connectivity index (χ1n) is 8.58. The molecule has 0 aliphatic heterocycles. The highest BCUT2D eigenvalue weighted by atomic mass is 32.2. The maximum absolute atomic E-state index is 9.85. The molecule has 3 aromatic rings. The molecule has 0 aliphatic carbocycles. The zero-order valence-corrected chi connectivity index (χ0v) is 16.4. The fourth-order valence-corrected chi connectivity index (χ4v) is 3.57. The van der Waals surface area contributed by atoms with E-state index in [0.29, 0.717) is 33.2 Å². The second-order valence-electron chi connectivity index (χ2n) is 5.74. The lowest BCUT2D eigenvalue weighted by Gasteiger charge is -2.14. The Kier molecular flexibility index (Phi) is 6.69. The highest BCUT2D eigenvalue weighted by molar-refractivity contribution is 7.98. The van der Waals surface area contributed by atoms with Crippen molar-refractivity contribution < 1.29 is 14.6 Å². The van der Waals surface area contributed by atoms with E-state index in [1.807, 2.05) is 0 Å². The molecule has 0 aliphatic rings. The largest absolute Gasteiger partial charge is 0.491 e. The van der Waals surface area contributed by atoms with Crippen LogP contribution >= 0.6 is 11.8 Å². The number of H-pyrrole nitrogens is 1. The van der Waals surface area contributed by atoms with Crippen molar-refractivity contribution in [2.75, 3.05) is 20.3 Å². The number of rotatable bonds is 8. The molecule has 1 aromatic carbocycles. The van der Waals surface area contributed by atoms with E-state index in [2.05, 4.69) is 27.1 Å². The normalized spacial score (nSPS) is 10.2. The average Bonchev–Trinajstić information content (AvgIpc) is 3.29. The van der Waals surface area contributed by atoms with Gasteiger partial charge in [0.25, 0.3) is 0 Å². The van der Waals surface area contributed by atoms with Gasteiger partial charge in [-0.2, -0.15) is 10.5 Å². The third-order valence-electron chi connectivity index (χ3n) is 3.97. The minimum absolute atomic E-state index is 0.0859. The number of hydrogen-bond donors (Lipinski definition) is 2. The van der Waals surface area contributed by atoms with Crippen molar-refractivity contribution in [3.8, 4) is 34.9 Å².